The topological polar surface area (TPSA) is 85.8 Å². The Hall–Kier alpha value is -2.82. The fourth-order valence-electron chi connectivity index (χ4n) is 3.06. The van der Waals surface area contributed by atoms with Crippen LogP contribution in [0.15, 0.2) is 28.9 Å². The third-order valence-electron chi connectivity index (χ3n) is 4.80. The maximum absolute atomic E-state index is 15.1. The van der Waals surface area contributed by atoms with Gasteiger partial charge in [0.1, 0.15) is 5.69 Å². The molecule has 8 nitrogen and oxygen atoms in total. The van der Waals surface area contributed by atoms with Crippen LogP contribution in [0.25, 0.3) is 11.5 Å². The molecule has 0 unspecified atom stereocenters. The van der Waals surface area contributed by atoms with E-state index in [0.29, 0.717) is 49.4 Å². The van der Waals surface area contributed by atoms with Crippen LogP contribution < -0.4 is 0 Å². The van der Waals surface area contributed by atoms with E-state index in [0.717, 1.165) is 0 Å². The molecule has 28 heavy (non-hydrogen) atoms. The molecule has 1 saturated heterocycles. The number of hydrogen-bond donors (Lipinski definition) is 0. The fourth-order valence-corrected chi connectivity index (χ4v) is 3.06. The lowest BCUT2D eigenvalue weighted by Crippen LogP contribution is -2.38. The van der Waals surface area contributed by atoms with Gasteiger partial charge < -0.3 is 9.32 Å². The summed E-state index contributed by atoms with van der Waals surface area (Å²) in [5.41, 5.74) is -0.0493. The zero-order chi connectivity index (χ0) is 19.7. The van der Waals surface area contributed by atoms with E-state index in [2.05, 4.69) is 30.4 Å². The Morgan fingerprint density at radius 3 is 2.61 bits per heavy atom. The lowest BCUT2D eigenvalue weighted by molar-refractivity contribution is 0.0632. The van der Waals surface area contributed by atoms with Crippen molar-refractivity contribution in [3.63, 3.8) is 0 Å². The van der Waals surface area contributed by atoms with Crippen molar-refractivity contribution in [1.82, 2.24) is 35.1 Å². The summed E-state index contributed by atoms with van der Waals surface area (Å²) in [6.07, 6.45) is 1.01. The summed E-state index contributed by atoms with van der Waals surface area (Å²) >= 11 is 0. The van der Waals surface area contributed by atoms with Crippen LogP contribution in [-0.4, -0.2) is 55.2 Å². The molecule has 0 spiro atoms. The van der Waals surface area contributed by atoms with Crippen molar-refractivity contribution in [3.8, 4) is 11.5 Å². The van der Waals surface area contributed by atoms with Gasteiger partial charge in [-0.3, -0.25) is 4.98 Å². The van der Waals surface area contributed by atoms with Gasteiger partial charge in [0.15, 0.2) is 5.67 Å². The molecule has 0 aliphatic carbocycles. The van der Waals surface area contributed by atoms with Gasteiger partial charge in [-0.2, -0.15) is 8.78 Å². The summed E-state index contributed by atoms with van der Waals surface area (Å²) in [4.78, 5) is 6.33. The maximum Gasteiger partial charge on any atom is 0.314 e. The predicted molar refractivity (Wildman–Crippen MR) is 91.1 cm³/mol. The minimum absolute atomic E-state index is 0.0287. The molecular weight excluding hydrogens is 375 g/mol. The van der Waals surface area contributed by atoms with Gasteiger partial charge in [-0.1, -0.05) is 5.21 Å². The first-order valence-electron chi connectivity index (χ1n) is 8.78. The molecule has 0 saturated carbocycles. The summed E-state index contributed by atoms with van der Waals surface area (Å²) in [6, 6.07) is 3.32. The first-order valence-corrected chi connectivity index (χ1v) is 8.78. The molecule has 1 aliphatic heterocycles. The van der Waals surface area contributed by atoms with Gasteiger partial charge in [0, 0.05) is 32.1 Å². The number of hydrogen-bond acceptors (Lipinski definition) is 7. The highest BCUT2D eigenvalue weighted by Crippen LogP contribution is 2.35. The fraction of sp³-hybridized carbons (Fsp3) is 0.471. The van der Waals surface area contributed by atoms with Crippen molar-refractivity contribution in [2.24, 2.45) is 0 Å². The number of halogens is 3. The van der Waals surface area contributed by atoms with Gasteiger partial charge in [-0.05, 0) is 19.2 Å². The monoisotopic (exact) mass is 393 g/mol. The second-order valence-corrected chi connectivity index (χ2v) is 6.85. The van der Waals surface area contributed by atoms with Crippen molar-refractivity contribution in [1.29, 1.82) is 0 Å². The van der Waals surface area contributed by atoms with Crippen LogP contribution in [0.3, 0.4) is 0 Å². The Kier molecular flexibility index (Phi) is 4.84. The lowest BCUT2D eigenvalue weighted by atomic mass is 9.91. The smallest absolute Gasteiger partial charge is 0.314 e. The van der Waals surface area contributed by atoms with Crippen LogP contribution in [0.5, 0.6) is 0 Å². The lowest BCUT2D eigenvalue weighted by Gasteiger charge is -2.32. The molecule has 0 atom stereocenters. The first kappa shape index (κ1) is 18.5. The van der Waals surface area contributed by atoms with Gasteiger partial charge in [0.05, 0.1) is 24.0 Å². The zero-order valence-corrected chi connectivity index (χ0v) is 15.1. The van der Waals surface area contributed by atoms with E-state index in [1.807, 2.05) is 7.05 Å². The van der Waals surface area contributed by atoms with E-state index < -0.39 is 18.0 Å². The normalized spacial score (nSPS) is 17.3. The Bertz CT molecular complexity index is 932. The summed E-state index contributed by atoms with van der Waals surface area (Å²) < 4.78 is 46.6. The highest BCUT2D eigenvalue weighted by atomic mass is 19.3. The summed E-state index contributed by atoms with van der Waals surface area (Å²) in [5, 5.41) is 14.9. The molecule has 0 aromatic carbocycles. The van der Waals surface area contributed by atoms with Crippen molar-refractivity contribution in [3.05, 3.63) is 41.8 Å². The molecule has 0 N–H and O–H groups in total. The molecule has 1 fully saturated rings. The van der Waals surface area contributed by atoms with Gasteiger partial charge in [-0.15, -0.1) is 15.3 Å². The Morgan fingerprint density at radius 1 is 1.18 bits per heavy atom. The number of rotatable bonds is 5. The molecule has 0 bridgehead atoms. The summed E-state index contributed by atoms with van der Waals surface area (Å²) in [6.45, 7) is 1.65. The van der Waals surface area contributed by atoms with Crippen LogP contribution >= 0.6 is 0 Å². The van der Waals surface area contributed by atoms with Crippen LogP contribution in [0.4, 0.5) is 13.2 Å². The largest absolute Gasteiger partial charge is 0.415 e. The van der Waals surface area contributed by atoms with Crippen molar-refractivity contribution < 1.29 is 17.6 Å². The first-order chi connectivity index (χ1) is 13.4. The number of likely N-dealkylation sites (tertiary alicyclic amines) is 1. The molecular formula is C17H18F3N7O. The van der Waals surface area contributed by atoms with E-state index in [-0.39, 0.29) is 5.89 Å². The van der Waals surface area contributed by atoms with Gasteiger partial charge in [0.2, 0.25) is 5.89 Å². The van der Waals surface area contributed by atoms with Crippen LogP contribution in [0.1, 0.15) is 36.5 Å². The Labute approximate surface area is 158 Å². The predicted octanol–water partition coefficient (Wildman–Crippen LogP) is 2.60. The molecule has 1 aliphatic rings. The standard InChI is InChI=1S/C17H18F3N7O/c1-26-6-4-17(20,5-7-26)13-10-27(25-22-13)9-12-3-2-11(8-21-12)15-23-24-16(28-15)14(18)19/h2-3,8,10,14H,4-7,9H2,1H3. The van der Waals surface area contributed by atoms with E-state index in [4.69, 9.17) is 4.42 Å². The second kappa shape index (κ2) is 7.30. The summed E-state index contributed by atoms with van der Waals surface area (Å²) in [7, 11) is 1.97. The van der Waals surface area contributed by atoms with Crippen molar-refractivity contribution in [2.75, 3.05) is 20.1 Å². The molecule has 0 amide bonds. The number of alkyl halides is 3. The van der Waals surface area contributed by atoms with E-state index in [1.54, 1.807) is 18.3 Å². The van der Waals surface area contributed by atoms with Crippen LogP contribution in [0.2, 0.25) is 0 Å². The average molecular weight is 393 g/mol. The zero-order valence-electron chi connectivity index (χ0n) is 15.1. The van der Waals surface area contributed by atoms with Crippen LogP contribution in [0, 0.1) is 0 Å². The SMILES string of the molecule is CN1CCC(F)(c2cn(Cc3ccc(-c4nnc(C(F)F)o4)cn3)nn2)CC1. The molecule has 4 rings (SSSR count). The average Bonchev–Trinajstić information content (AvgIpc) is 3.35. The van der Waals surface area contributed by atoms with E-state index in [1.165, 1.54) is 10.9 Å². The molecule has 3 aromatic rings. The number of piperidine rings is 1. The Morgan fingerprint density at radius 2 is 1.96 bits per heavy atom. The van der Waals surface area contributed by atoms with Gasteiger partial charge >= 0.3 is 6.43 Å². The highest BCUT2D eigenvalue weighted by molar-refractivity contribution is 5.50. The number of nitrogens with zero attached hydrogens (tertiary/aromatic N) is 7. The van der Waals surface area contributed by atoms with Gasteiger partial charge in [-0.25, -0.2) is 9.07 Å². The summed E-state index contributed by atoms with van der Waals surface area (Å²) in [5.74, 6) is -0.762. The van der Waals surface area contributed by atoms with Crippen molar-refractivity contribution in [2.45, 2.75) is 31.5 Å². The van der Waals surface area contributed by atoms with Crippen LogP contribution in [-0.2, 0) is 12.2 Å². The van der Waals surface area contributed by atoms with E-state index >= 15 is 4.39 Å². The van der Waals surface area contributed by atoms with Gasteiger partial charge in [0.25, 0.3) is 5.89 Å². The molecule has 0 radical (unpaired) electrons. The molecule has 148 valence electrons. The quantitative estimate of drug-likeness (QED) is 0.659. The highest BCUT2D eigenvalue weighted by Gasteiger charge is 2.38. The third-order valence-corrected chi connectivity index (χ3v) is 4.80. The number of pyridine rings is 1. The number of aromatic nitrogens is 6. The molecule has 3 aromatic heterocycles. The maximum atomic E-state index is 15.1. The second-order valence-electron chi connectivity index (χ2n) is 6.85. The minimum atomic E-state index is -2.82. The third kappa shape index (κ3) is 3.75. The van der Waals surface area contributed by atoms with E-state index in [9.17, 15) is 8.78 Å². The Balaban J connectivity index is 1.44. The van der Waals surface area contributed by atoms with Crippen molar-refractivity contribution >= 4 is 0 Å². The molecule has 4 heterocycles. The molecule has 11 heteroatoms. The minimum Gasteiger partial charge on any atom is -0.415 e.